The molecule has 1 aliphatic heterocycles. The second kappa shape index (κ2) is 7.32. The van der Waals surface area contributed by atoms with Crippen LogP contribution in [0.5, 0.6) is 0 Å². The molecule has 0 aromatic carbocycles. The molecule has 7 nitrogen and oxygen atoms in total. The highest BCUT2D eigenvalue weighted by molar-refractivity contribution is 5.87. The summed E-state index contributed by atoms with van der Waals surface area (Å²) in [5.41, 5.74) is 0. The van der Waals surface area contributed by atoms with Crippen molar-refractivity contribution in [2.45, 2.75) is 72.5 Å². The van der Waals surface area contributed by atoms with Crippen molar-refractivity contribution in [3.63, 3.8) is 0 Å². The van der Waals surface area contributed by atoms with Crippen molar-refractivity contribution in [3.05, 3.63) is 11.6 Å². The zero-order chi connectivity index (χ0) is 18.0. The first-order valence-electron chi connectivity index (χ1n) is 8.70. The minimum absolute atomic E-state index is 0.0360. The first kappa shape index (κ1) is 18.4. The molecule has 0 spiro atoms. The first-order chi connectivity index (χ1) is 11.2. The van der Waals surface area contributed by atoms with Crippen molar-refractivity contribution in [1.29, 1.82) is 0 Å². The summed E-state index contributed by atoms with van der Waals surface area (Å²) in [7, 11) is 0. The van der Waals surface area contributed by atoms with E-state index in [4.69, 9.17) is 0 Å². The van der Waals surface area contributed by atoms with Crippen molar-refractivity contribution in [1.82, 2.24) is 25.0 Å². The molecule has 1 aromatic heterocycles. The fourth-order valence-electron chi connectivity index (χ4n) is 3.28. The highest BCUT2D eigenvalue weighted by Crippen LogP contribution is 2.26. The number of aromatic nitrogens is 3. The van der Waals surface area contributed by atoms with E-state index in [2.05, 4.69) is 40.9 Å². The van der Waals surface area contributed by atoms with E-state index in [0.29, 0.717) is 31.3 Å². The van der Waals surface area contributed by atoms with Gasteiger partial charge < -0.3 is 14.8 Å². The van der Waals surface area contributed by atoms with Crippen LogP contribution in [0.2, 0.25) is 0 Å². The number of rotatable bonds is 5. The van der Waals surface area contributed by atoms with E-state index in [9.17, 15) is 9.59 Å². The Labute approximate surface area is 143 Å². The van der Waals surface area contributed by atoms with Crippen molar-refractivity contribution < 1.29 is 9.59 Å². The van der Waals surface area contributed by atoms with Gasteiger partial charge in [0, 0.05) is 19.4 Å². The van der Waals surface area contributed by atoms with Gasteiger partial charge in [-0.3, -0.25) is 9.59 Å². The van der Waals surface area contributed by atoms with Crippen LogP contribution in [0.25, 0.3) is 0 Å². The number of nitrogens with zero attached hydrogens (tertiary/aromatic N) is 4. The molecular formula is C17H29N5O2. The Hall–Kier alpha value is -1.92. The summed E-state index contributed by atoms with van der Waals surface area (Å²) in [5, 5.41) is 11.4. The molecule has 0 unspecified atom stereocenters. The van der Waals surface area contributed by atoms with Crippen molar-refractivity contribution >= 4 is 11.8 Å². The van der Waals surface area contributed by atoms with E-state index in [1.165, 1.54) is 6.92 Å². The largest absolute Gasteiger partial charge is 0.345 e. The van der Waals surface area contributed by atoms with Crippen LogP contribution in [0.1, 0.15) is 71.6 Å². The summed E-state index contributed by atoms with van der Waals surface area (Å²) >= 11 is 0. The first-order valence-corrected chi connectivity index (χ1v) is 8.70. The van der Waals surface area contributed by atoms with Crippen molar-refractivity contribution in [2.24, 2.45) is 5.92 Å². The summed E-state index contributed by atoms with van der Waals surface area (Å²) in [6.45, 7) is 12.9. The number of nitrogens with one attached hydrogen (secondary N) is 1. The summed E-state index contributed by atoms with van der Waals surface area (Å²) in [6.07, 6.45) is 0.632. The molecule has 0 bridgehead atoms. The predicted molar refractivity (Wildman–Crippen MR) is 91.3 cm³/mol. The van der Waals surface area contributed by atoms with Crippen molar-refractivity contribution in [3.8, 4) is 0 Å². The van der Waals surface area contributed by atoms with Crippen LogP contribution in [-0.4, -0.2) is 44.1 Å². The van der Waals surface area contributed by atoms with Crippen LogP contribution in [0, 0.1) is 5.92 Å². The van der Waals surface area contributed by atoms with Gasteiger partial charge in [0.05, 0.1) is 12.6 Å². The second-order valence-electron chi connectivity index (χ2n) is 7.45. The van der Waals surface area contributed by atoms with Gasteiger partial charge in [-0.1, -0.05) is 27.7 Å². The fourth-order valence-corrected chi connectivity index (χ4v) is 3.28. The summed E-state index contributed by atoms with van der Waals surface area (Å²) in [4.78, 5) is 26.2. The second-order valence-corrected chi connectivity index (χ2v) is 7.45. The van der Waals surface area contributed by atoms with Crippen LogP contribution in [0.15, 0.2) is 0 Å². The third-order valence-electron chi connectivity index (χ3n) is 4.26. The van der Waals surface area contributed by atoms with E-state index < -0.39 is 6.04 Å². The number of carbonyl (C=O) groups is 2. The highest BCUT2D eigenvalue weighted by atomic mass is 16.2. The molecule has 2 atom stereocenters. The molecule has 0 aliphatic carbocycles. The summed E-state index contributed by atoms with van der Waals surface area (Å²) in [5.74, 6) is 2.19. The highest BCUT2D eigenvalue weighted by Gasteiger charge is 2.33. The Balaban J connectivity index is 2.19. The average molecular weight is 335 g/mol. The topological polar surface area (TPSA) is 80.1 Å². The van der Waals surface area contributed by atoms with Gasteiger partial charge in [0.15, 0.2) is 5.82 Å². The predicted octanol–water partition coefficient (Wildman–Crippen LogP) is 1.86. The van der Waals surface area contributed by atoms with Crippen LogP contribution >= 0.6 is 0 Å². The molecule has 1 aliphatic rings. The van der Waals surface area contributed by atoms with E-state index >= 15 is 0 Å². The summed E-state index contributed by atoms with van der Waals surface area (Å²) in [6, 6.07) is -0.351. The smallest absolute Gasteiger partial charge is 0.245 e. The number of amides is 2. The maximum Gasteiger partial charge on any atom is 0.245 e. The lowest BCUT2D eigenvalue weighted by molar-refractivity contribution is -0.138. The number of hydrogen-bond donors (Lipinski definition) is 1. The molecule has 134 valence electrons. The lowest BCUT2D eigenvalue weighted by atomic mass is 10.0. The SMILES string of the molecule is CC(=O)N[C@@H](CC(C)C)C(=O)N1Cc2nnc(C(C)C)n2[C@@H](C)C1. The van der Waals surface area contributed by atoms with Gasteiger partial charge in [-0.25, -0.2) is 0 Å². The monoisotopic (exact) mass is 335 g/mol. The lowest BCUT2D eigenvalue weighted by Gasteiger charge is -2.35. The minimum Gasteiger partial charge on any atom is -0.345 e. The van der Waals surface area contributed by atoms with Crippen LogP contribution < -0.4 is 5.32 Å². The zero-order valence-electron chi connectivity index (χ0n) is 15.5. The standard InChI is InChI=1S/C17H29N5O2/c1-10(2)7-14(18-13(6)23)17(24)21-8-12(5)22-15(9-21)19-20-16(22)11(3)4/h10-12,14H,7-9H2,1-6H3,(H,18,23)/t12-,14-/m0/s1. The maximum absolute atomic E-state index is 12.9. The molecular weight excluding hydrogens is 306 g/mol. The third kappa shape index (κ3) is 3.94. The Bertz CT molecular complexity index is 608. The van der Waals surface area contributed by atoms with Gasteiger partial charge in [0.2, 0.25) is 11.8 Å². The normalized spacial score (nSPS) is 18.7. The lowest BCUT2D eigenvalue weighted by Crippen LogP contribution is -2.51. The van der Waals surface area contributed by atoms with Gasteiger partial charge in [-0.15, -0.1) is 10.2 Å². The molecule has 1 N–H and O–H groups in total. The maximum atomic E-state index is 12.9. The van der Waals surface area contributed by atoms with Gasteiger partial charge in [-0.2, -0.15) is 0 Å². The van der Waals surface area contributed by atoms with Crippen LogP contribution in [0.3, 0.4) is 0 Å². The Morgan fingerprint density at radius 1 is 1.25 bits per heavy atom. The number of hydrogen-bond acceptors (Lipinski definition) is 4. The van der Waals surface area contributed by atoms with E-state index in [0.717, 1.165) is 11.6 Å². The molecule has 2 amide bonds. The molecule has 0 saturated carbocycles. The van der Waals surface area contributed by atoms with Gasteiger partial charge >= 0.3 is 0 Å². The van der Waals surface area contributed by atoms with Crippen molar-refractivity contribution in [2.75, 3.05) is 6.54 Å². The fraction of sp³-hybridized carbons (Fsp3) is 0.765. The van der Waals surface area contributed by atoms with E-state index in [-0.39, 0.29) is 17.9 Å². The molecule has 0 saturated heterocycles. The number of carbonyl (C=O) groups excluding carboxylic acids is 2. The Kier molecular flexibility index (Phi) is 5.62. The Morgan fingerprint density at radius 3 is 2.46 bits per heavy atom. The molecule has 2 heterocycles. The number of fused-ring (bicyclic) bond motifs is 1. The zero-order valence-corrected chi connectivity index (χ0v) is 15.5. The third-order valence-corrected chi connectivity index (χ3v) is 4.26. The van der Waals surface area contributed by atoms with Gasteiger partial charge in [0.1, 0.15) is 11.9 Å². The molecule has 0 radical (unpaired) electrons. The minimum atomic E-state index is -0.478. The molecule has 7 heteroatoms. The van der Waals surface area contributed by atoms with Crippen LogP contribution in [-0.2, 0) is 16.1 Å². The van der Waals surface area contributed by atoms with Gasteiger partial charge in [-0.05, 0) is 19.3 Å². The molecule has 24 heavy (non-hydrogen) atoms. The average Bonchev–Trinajstić information content (AvgIpc) is 2.89. The van der Waals surface area contributed by atoms with E-state index in [1.807, 2.05) is 13.8 Å². The van der Waals surface area contributed by atoms with E-state index in [1.54, 1.807) is 4.90 Å². The molecule has 0 fully saturated rings. The molecule has 2 rings (SSSR count). The van der Waals surface area contributed by atoms with Gasteiger partial charge in [0.25, 0.3) is 0 Å². The molecule has 1 aromatic rings. The summed E-state index contributed by atoms with van der Waals surface area (Å²) < 4.78 is 2.14. The quantitative estimate of drug-likeness (QED) is 0.890. The van der Waals surface area contributed by atoms with Crippen LogP contribution in [0.4, 0.5) is 0 Å². The Morgan fingerprint density at radius 2 is 1.92 bits per heavy atom.